The van der Waals surface area contributed by atoms with Gasteiger partial charge in [-0.05, 0) is 75.2 Å². The van der Waals surface area contributed by atoms with E-state index in [0.717, 1.165) is 19.7 Å². The Morgan fingerprint density at radius 3 is 2.43 bits per heavy atom. The summed E-state index contributed by atoms with van der Waals surface area (Å²) >= 11 is 8.44. The highest BCUT2D eigenvalue weighted by molar-refractivity contribution is 14.1. The number of halogens is 2. The van der Waals surface area contributed by atoms with Crippen LogP contribution in [0, 0.1) is 10.5 Å². The van der Waals surface area contributed by atoms with Crippen LogP contribution in [0.1, 0.15) is 22.7 Å². The lowest BCUT2D eigenvalue weighted by Crippen LogP contribution is -2.14. The number of aryl methyl sites for hydroxylation is 1. The van der Waals surface area contributed by atoms with Crippen LogP contribution in [0.5, 0.6) is 0 Å². The molecule has 21 heavy (non-hydrogen) atoms. The van der Waals surface area contributed by atoms with Gasteiger partial charge in [-0.25, -0.2) is 0 Å². The van der Waals surface area contributed by atoms with Crippen LogP contribution in [0.15, 0.2) is 54.6 Å². The Morgan fingerprint density at radius 2 is 1.67 bits per heavy atom. The molecule has 0 spiro atoms. The van der Waals surface area contributed by atoms with Crippen LogP contribution >= 0.6 is 34.2 Å². The maximum atomic E-state index is 6.54. The molecule has 1 unspecified atom stereocenters. The Kier molecular flexibility index (Phi) is 4.20. The molecule has 0 aliphatic rings. The summed E-state index contributed by atoms with van der Waals surface area (Å²) in [5.41, 5.74) is 10.0. The average molecular weight is 408 g/mol. The van der Waals surface area contributed by atoms with E-state index in [9.17, 15) is 0 Å². The Hall–Kier alpha value is -1.10. The molecule has 0 bridgehead atoms. The standard InChI is InChI=1S/C18H15ClIN/c1-11-6-8-15(14-5-3-2-4-13(11)14)18(21)16-10-12(19)7-9-17(16)20/h2-10,18H,21H2,1H3. The molecule has 3 aromatic carbocycles. The first kappa shape index (κ1) is 14.8. The first-order valence-corrected chi connectivity index (χ1v) is 8.22. The molecule has 2 N–H and O–H groups in total. The van der Waals surface area contributed by atoms with Crippen molar-refractivity contribution in [1.82, 2.24) is 0 Å². The molecule has 0 aromatic heterocycles. The van der Waals surface area contributed by atoms with Crippen LogP contribution in [0.2, 0.25) is 5.02 Å². The monoisotopic (exact) mass is 407 g/mol. The predicted octanol–water partition coefficient (Wildman–Crippen LogP) is 5.45. The van der Waals surface area contributed by atoms with Crippen molar-refractivity contribution in [1.29, 1.82) is 0 Å². The zero-order valence-corrected chi connectivity index (χ0v) is 14.5. The largest absolute Gasteiger partial charge is 0.320 e. The van der Waals surface area contributed by atoms with Gasteiger partial charge in [0.2, 0.25) is 0 Å². The number of hydrogen-bond acceptors (Lipinski definition) is 1. The lowest BCUT2D eigenvalue weighted by molar-refractivity contribution is 0.874. The van der Waals surface area contributed by atoms with Gasteiger partial charge in [-0.2, -0.15) is 0 Å². The van der Waals surface area contributed by atoms with Crippen LogP contribution in [0.3, 0.4) is 0 Å². The second-order valence-electron chi connectivity index (χ2n) is 5.16. The number of nitrogens with two attached hydrogens (primary N) is 1. The normalized spacial score (nSPS) is 12.6. The van der Waals surface area contributed by atoms with Crippen molar-refractivity contribution in [3.8, 4) is 0 Å². The van der Waals surface area contributed by atoms with Gasteiger partial charge in [-0.1, -0.05) is 48.0 Å². The minimum atomic E-state index is -0.180. The average Bonchev–Trinajstić information content (AvgIpc) is 2.50. The molecule has 106 valence electrons. The Balaban J connectivity index is 2.20. The topological polar surface area (TPSA) is 26.0 Å². The van der Waals surface area contributed by atoms with E-state index in [4.69, 9.17) is 17.3 Å². The van der Waals surface area contributed by atoms with E-state index >= 15 is 0 Å². The highest BCUT2D eigenvalue weighted by atomic mass is 127. The van der Waals surface area contributed by atoms with Gasteiger partial charge in [0.15, 0.2) is 0 Å². The van der Waals surface area contributed by atoms with Crippen LogP contribution < -0.4 is 5.73 Å². The zero-order valence-electron chi connectivity index (χ0n) is 11.6. The van der Waals surface area contributed by atoms with Gasteiger partial charge in [0, 0.05) is 8.59 Å². The second kappa shape index (κ2) is 5.95. The fraction of sp³-hybridized carbons (Fsp3) is 0.111. The summed E-state index contributed by atoms with van der Waals surface area (Å²) in [6, 6.07) is 18.3. The van der Waals surface area contributed by atoms with Gasteiger partial charge < -0.3 is 5.73 Å². The van der Waals surface area contributed by atoms with Gasteiger partial charge >= 0.3 is 0 Å². The van der Waals surface area contributed by atoms with E-state index in [1.807, 2.05) is 18.2 Å². The molecule has 0 saturated heterocycles. The van der Waals surface area contributed by atoms with E-state index in [-0.39, 0.29) is 6.04 Å². The van der Waals surface area contributed by atoms with E-state index in [2.05, 4.69) is 65.9 Å². The number of hydrogen-bond donors (Lipinski definition) is 1. The smallest absolute Gasteiger partial charge is 0.0568 e. The highest BCUT2D eigenvalue weighted by Crippen LogP contribution is 2.32. The van der Waals surface area contributed by atoms with Crippen LogP contribution in [0.4, 0.5) is 0 Å². The van der Waals surface area contributed by atoms with Gasteiger partial charge in [0.25, 0.3) is 0 Å². The summed E-state index contributed by atoms with van der Waals surface area (Å²) in [4.78, 5) is 0. The highest BCUT2D eigenvalue weighted by Gasteiger charge is 2.15. The first-order chi connectivity index (χ1) is 10.1. The van der Waals surface area contributed by atoms with E-state index in [1.54, 1.807) is 0 Å². The Labute approximate surface area is 143 Å². The third kappa shape index (κ3) is 2.80. The molecule has 0 radical (unpaired) electrons. The SMILES string of the molecule is Cc1ccc(C(N)c2cc(Cl)ccc2I)c2ccccc12. The lowest BCUT2D eigenvalue weighted by Gasteiger charge is -2.18. The van der Waals surface area contributed by atoms with E-state index in [1.165, 1.54) is 16.3 Å². The lowest BCUT2D eigenvalue weighted by atomic mass is 9.92. The Morgan fingerprint density at radius 1 is 0.952 bits per heavy atom. The number of rotatable bonds is 2. The van der Waals surface area contributed by atoms with Crippen molar-refractivity contribution in [2.24, 2.45) is 5.73 Å². The summed E-state index contributed by atoms with van der Waals surface area (Å²) in [5.74, 6) is 0. The number of fused-ring (bicyclic) bond motifs is 1. The molecule has 0 aliphatic heterocycles. The summed E-state index contributed by atoms with van der Waals surface area (Å²) in [6.07, 6.45) is 0. The molecule has 0 amide bonds. The molecular formula is C18H15ClIN. The third-order valence-electron chi connectivity index (χ3n) is 3.80. The van der Waals surface area contributed by atoms with Crippen LogP contribution in [-0.4, -0.2) is 0 Å². The third-order valence-corrected chi connectivity index (χ3v) is 5.02. The minimum absolute atomic E-state index is 0.180. The molecule has 3 aromatic rings. The molecule has 3 heteroatoms. The molecule has 0 aliphatic carbocycles. The fourth-order valence-corrected chi connectivity index (χ4v) is 3.52. The van der Waals surface area contributed by atoms with Crippen LogP contribution in [-0.2, 0) is 0 Å². The quantitative estimate of drug-likeness (QED) is 0.561. The molecule has 1 nitrogen and oxygen atoms in total. The van der Waals surface area contributed by atoms with Crippen LogP contribution in [0.25, 0.3) is 10.8 Å². The maximum absolute atomic E-state index is 6.54. The summed E-state index contributed by atoms with van der Waals surface area (Å²) in [7, 11) is 0. The number of benzene rings is 3. The van der Waals surface area contributed by atoms with Gasteiger partial charge in [0.1, 0.15) is 0 Å². The molecule has 0 saturated carbocycles. The molecule has 3 rings (SSSR count). The van der Waals surface area contributed by atoms with Crippen molar-refractivity contribution in [2.75, 3.05) is 0 Å². The second-order valence-corrected chi connectivity index (χ2v) is 6.76. The Bertz CT molecular complexity index is 813. The summed E-state index contributed by atoms with van der Waals surface area (Å²) in [5, 5.41) is 3.18. The molecular weight excluding hydrogens is 393 g/mol. The van der Waals surface area contributed by atoms with Gasteiger partial charge in [0.05, 0.1) is 6.04 Å². The maximum Gasteiger partial charge on any atom is 0.0568 e. The van der Waals surface area contributed by atoms with Crippen molar-refractivity contribution < 1.29 is 0 Å². The fourth-order valence-electron chi connectivity index (χ4n) is 2.66. The first-order valence-electron chi connectivity index (χ1n) is 6.76. The zero-order chi connectivity index (χ0) is 15.0. The molecule has 0 heterocycles. The van der Waals surface area contributed by atoms with Crippen molar-refractivity contribution >= 4 is 45.0 Å². The summed E-state index contributed by atoms with van der Waals surface area (Å²) < 4.78 is 1.13. The minimum Gasteiger partial charge on any atom is -0.320 e. The van der Waals surface area contributed by atoms with E-state index in [0.29, 0.717) is 0 Å². The van der Waals surface area contributed by atoms with Crippen molar-refractivity contribution in [3.05, 3.63) is 79.9 Å². The van der Waals surface area contributed by atoms with Gasteiger partial charge in [-0.15, -0.1) is 0 Å². The van der Waals surface area contributed by atoms with Gasteiger partial charge in [-0.3, -0.25) is 0 Å². The predicted molar refractivity (Wildman–Crippen MR) is 98.9 cm³/mol. The van der Waals surface area contributed by atoms with Crippen molar-refractivity contribution in [2.45, 2.75) is 13.0 Å². The van der Waals surface area contributed by atoms with Crippen molar-refractivity contribution in [3.63, 3.8) is 0 Å². The van der Waals surface area contributed by atoms with E-state index < -0.39 is 0 Å². The summed E-state index contributed by atoms with van der Waals surface area (Å²) in [6.45, 7) is 2.13. The molecule has 0 fully saturated rings. The molecule has 1 atom stereocenters.